The summed E-state index contributed by atoms with van der Waals surface area (Å²) in [6, 6.07) is 9.33. The Morgan fingerprint density at radius 2 is 1.71 bits per heavy atom. The van der Waals surface area contributed by atoms with Crippen LogP contribution < -0.4 is 0 Å². The molecule has 0 spiro atoms. The third-order valence-electron chi connectivity index (χ3n) is 2.91. The Morgan fingerprint density at radius 3 is 2.19 bits per heavy atom. The van der Waals surface area contributed by atoms with Crippen LogP contribution in [0.4, 0.5) is 13.2 Å². The molecular weight excluding hydrogens is 305 g/mol. The molecule has 0 amide bonds. The Balaban J connectivity index is 2.32. The summed E-state index contributed by atoms with van der Waals surface area (Å²) >= 11 is 6.06. The van der Waals surface area contributed by atoms with Crippen LogP contribution >= 0.6 is 11.6 Å². The van der Waals surface area contributed by atoms with Gasteiger partial charge in [0.15, 0.2) is 0 Å². The maximum Gasteiger partial charge on any atom is 0.416 e. The molecule has 2 rings (SSSR count). The lowest BCUT2D eigenvalue weighted by Gasteiger charge is -2.09. The molecule has 0 heterocycles. The lowest BCUT2D eigenvalue weighted by molar-refractivity contribution is -0.138. The second-order valence-corrected chi connectivity index (χ2v) is 4.87. The number of hydrogen-bond acceptors (Lipinski definition) is 1. The van der Waals surface area contributed by atoms with Crippen LogP contribution in [-0.2, 0) is 17.4 Å². The lowest BCUT2D eigenvalue weighted by Crippen LogP contribution is -2.04. The number of hydrogen-bond donors (Lipinski definition) is 1. The van der Waals surface area contributed by atoms with Crippen molar-refractivity contribution in [2.24, 2.45) is 0 Å². The molecule has 0 saturated heterocycles. The Kier molecular flexibility index (Phi) is 4.23. The lowest BCUT2D eigenvalue weighted by atomic mass is 10.0. The number of aliphatic carboxylic acids is 1. The number of carbonyl (C=O) groups is 1. The van der Waals surface area contributed by atoms with E-state index >= 15 is 0 Å². The summed E-state index contributed by atoms with van der Waals surface area (Å²) in [4.78, 5) is 10.6. The first kappa shape index (κ1) is 15.4. The zero-order valence-corrected chi connectivity index (χ0v) is 11.4. The van der Waals surface area contributed by atoms with Gasteiger partial charge in [0.2, 0.25) is 0 Å². The SMILES string of the molecule is O=C(O)Cc1ccc(-c2ccc(C(F)(F)F)cc2)c(Cl)c1. The normalized spacial score (nSPS) is 11.4. The van der Waals surface area contributed by atoms with Crippen molar-refractivity contribution in [1.29, 1.82) is 0 Å². The fourth-order valence-electron chi connectivity index (χ4n) is 1.92. The molecule has 1 N–H and O–H groups in total. The average molecular weight is 315 g/mol. The molecule has 0 aliphatic carbocycles. The topological polar surface area (TPSA) is 37.3 Å². The summed E-state index contributed by atoms with van der Waals surface area (Å²) in [7, 11) is 0. The number of rotatable bonds is 3. The van der Waals surface area contributed by atoms with Crippen LogP contribution in [0.5, 0.6) is 0 Å². The fraction of sp³-hybridized carbons (Fsp3) is 0.133. The van der Waals surface area contributed by atoms with Gasteiger partial charge in [-0.05, 0) is 29.3 Å². The van der Waals surface area contributed by atoms with E-state index in [1.54, 1.807) is 12.1 Å². The van der Waals surface area contributed by atoms with Crippen molar-refractivity contribution in [2.45, 2.75) is 12.6 Å². The minimum Gasteiger partial charge on any atom is -0.481 e. The van der Waals surface area contributed by atoms with Crippen molar-refractivity contribution < 1.29 is 23.1 Å². The van der Waals surface area contributed by atoms with E-state index in [1.165, 1.54) is 18.2 Å². The van der Waals surface area contributed by atoms with Crippen molar-refractivity contribution in [2.75, 3.05) is 0 Å². The first-order valence-corrected chi connectivity index (χ1v) is 6.33. The summed E-state index contributed by atoms with van der Waals surface area (Å²) in [5, 5.41) is 9.00. The van der Waals surface area contributed by atoms with E-state index in [9.17, 15) is 18.0 Å². The number of alkyl halides is 3. The van der Waals surface area contributed by atoms with Crippen LogP contribution in [0.15, 0.2) is 42.5 Å². The van der Waals surface area contributed by atoms with Crippen molar-refractivity contribution in [3.05, 3.63) is 58.6 Å². The number of carboxylic acids is 1. The van der Waals surface area contributed by atoms with E-state index in [1.807, 2.05) is 0 Å². The largest absolute Gasteiger partial charge is 0.481 e. The molecule has 110 valence electrons. The van der Waals surface area contributed by atoms with Crippen LogP contribution in [0.2, 0.25) is 5.02 Å². The predicted octanol–water partition coefficient (Wildman–Crippen LogP) is 4.65. The number of halogens is 4. The molecule has 0 aromatic heterocycles. The second-order valence-electron chi connectivity index (χ2n) is 4.46. The molecule has 0 radical (unpaired) electrons. The zero-order valence-electron chi connectivity index (χ0n) is 10.6. The molecule has 0 bridgehead atoms. The Morgan fingerprint density at radius 1 is 1.10 bits per heavy atom. The molecule has 2 nitrogen and oxygen atoms in total. The Labute approximate surface area is 123 Å². The van der Waals surface area contributed by atoms with Crippen LogP contribution in [-0.4, -0.2) is 11.1 Å². The summed E-state index contributed by atoms with van der Waals surface area (Å²) in [6.45, 7) is 0. The molecule has 2 aromatic carbocycles. The number of benzene rings is 2. The van der Waals surface area contributed by atoms with Gasteiger partial charge in [-0.3, -0.25) is 4.79 Å². The fourth-order valence-corrected chi connectivity index (χ4v) is 2.23. The van der Waals surface area contributed by atoms with E-state index in [-0.39, 0.29) is 6.42 Å². The third kappa shape index (κ3) is 3.76. The van der Waals surface area contributed by atoms with Crippen molar-refractivity contribution in [3.63, 3.8) is 0 Å². The molecule has 0 aliphatic heterocycles. The van der Waals surface area contributed by atoms with Crippen LogP contribution in [0.25, 0.3) is 11.1 Å². The minimum absolute atomic E-state index is 0.160. The average Bonchev–Trinajstić information content (AvgIpc) is 2.37. The highest BCUT2D eigenvalue weighted by atomic mass is 35.5. The molecule has 6 heteroatoms. The van der Waals surface area contributed by atoms with Gasteiger partial charge in [-0.2, -0.15) is 13.2 Å². The summed E-state index contributed by atoms with van der Waals surface area (Å²) in [6.07, 6.45) is -4.54. The first-order chi connectivity index (χ1) is 9.77. The van der Waals surface area contributed by atoms with Crippen molar-refractivity contribution in [3.8, 4) is 11.1 Å². The van der Waals surface area contributed by atoms with Crippen LogP contribution in [0.3, 0.4) is 0 Å². The highest BCUT2D eigenvalue weighted by Gasteiger charge is 2.30. The van der Waals surface area contributed by atoms with Crippen molar-refractivity contribution >= 4 is 17.6 Å². The summed E-state index contributed by atoms with van der Waals surface area (Å²) in [5.74, 6) is -0.978. The summed E-state index contributed by atoms with van der Waals surface area (Å²) in [5.41, 5.74) is 0.891. The molecule has 0 aliphatic rings. The maximum absolute atomic E-state index is 12.5. The monoisotopic (exact) mass is 314 g/mol. The highest BCUT2D eigenvalue weighted by molar-refractivity contribution is 6.33. The van der Waals surface area contributed by atoms with Gasteiger partial charge < -0.3 is 5.11 Å². The van der Waals surface area contributed by atoms with E-state index < -0.39 is 17.7 Å². The minimum atomic E-state index is -4.38. The summed E-state index contributed by atoms with van der Waals surface area (Å²) < 4.78 is 37.5. The van der Waals surface area contributed by atoms with Gasteiger partial charge in [-0.15, -0.1) is 0 Å². The molecule has 0 atom stereocenters. The molecule has 0 unspecified atom stereocenters. The van der Waals surface area contributed by atoms with Crippen LogP contribution in [0, 0.1) is 0 Å². The predicted molar refractivity (Wildman–Crippen MR) is 73.2 cm³/mol. The van der Waals surface area contributed by atoms with Crippen molar-refractivity contribution in [1.82, 2.24) is 0 Å². The third-order valence-corrected chi connectivity index (χ3v) is 3.22. The molecule has 0 saturated carbocycles. The first-order valence-electron chi connectivity index (χ1n) is 5.95. The maximum atomic E-state index is 12.5. The van der Waals surface area contributed by atoms with E-state index in [0.717, 1.165) is 12.1 Å². The van der Waals surface area contributed by atoms with Gasteiger partial charge >= 0.3 is 12.1 Å². The van der Waals surface area contributed by atoms with E-state index in [2.05, 4.69) is 0 Å². The van der Waals surface area contributed by atoms with Gasteiger partial charge in [-0.1, -0.05) is 35.9 Å². The molecular formula is C15H10ClF3O2. The second kappa shape index (κ2) is 5.77. The molecule has 0 fully saturated rings. The molecule has 21 heavy (non-hydrogen) atoms. The Hall–Kier alpha value is -2.01. The molecule has 2 aromatic rings. The van der Waals surface area contributed by atoms with E-state index in [4.69, 9.17) is 16.7 Å². The quantitative estimate of drug-likeness (QED) is 0.895. The van der Waals surface area contributed by atoms with Crippen LogP contribution in [0.1, 0.15) is 11.1 Å². The highest BCUT2D eigenvalue weighted by Crippen LogP contribution is 2.33. The standard InChI is InChI=1S/C15H10ClF3O2/c16-13-7-9(8-14(20)21)1-6-12(13)10-2-4-11(5-3-10)15(17,18)19/h1-7H,8H2,(H,20,21). The van der Waals surface area contributed by atoms with Gasteiger partial charge in [0.25, 0.3) is 0 Å². The van der Waals surface area contributed by atoms with Gasteiger partial charge in [-0.25, -0.2) is 0 Å². The van der Waals surface area contributed by atoms with Gasteiger partial charge in [0.05, 0.1) is 12.0 Å². The van der Waals surface area contributed by atoms with E-state index in [0.29, 0.717) is 21.7 Å². The smallest absolute Gasteiger partial charge is 0.416 e. The number of carboxylic acid groups (broad SMARTS) is 1. The van der Waals surface area contributed by atoms with Gasteiger partial charge in [0.1, 0.15) is 0 Å². The zero-order chi connectivity index (χ0) is 15.6. The Bertz CT molecular complexity index is 664. The van der Waals surface area contributed by atoms with Gasteiger partial charge in [0, 0.05) is 10.6 Å².